The molecule has 1 N–H and O–H groups in total. The predicted octanol–water partition coefficient (Wildman–Crippen LogP) is 2.90. The first-order valence-electron chi connectivity index (χ1n) is 7.48. The predicted molar refractivity (Wildman–Crippen MR) is 77.1 cm³/mol. The van der Waals surface area contributed by atoms with Gasteiger partial charge >= 0.3 is 0 Å². The Balaban J connectivity index is 1.86. The first-order chi connectivity index (χ1) is 9.06. The zero-order chi connectivity index (χ0) is 13.8. The van der Waals surface area contributed by atoms with Crippen molar-refractivity contribution in [3.63, 3.8) is 0 Å². The first kappa shape index (κ1) is 14.5. The van der Waals surface area contributed by atoms with Gasteiger partial charge in [0.15, 0.2) is 0 Å². The normalized spacial score (nSPS) is 23.5. The second-order valence-electron chi connectivity index (χ2n) is 5.96. The van der Waals surface area contributed by atoms with Gasteiger partial charge in [0.1, 0.15) is 5.76 Å². The summed E-state index contributed by atoms with van der Waals surface area (Å²) in [6.07, 6.45) is 5.52. The van der Waals surface area contributed by atoms with Gasteiger partial charge in [0.2, 0.25) is 5.89 Å². The topological polar surface area (TPSA) is 41.3 Å². The standard InChI is InChI=1S/C15H27N3O/c1-11(2)18-8-5-6-14(7-9-18)17-13(4)15-16-10-12(3)19-15/h10-11,13-14,17H,5-9H2,1-4H3. The molecule has 0 aromatic carbocycles. The van der Waals surface area contributed by atoms with Crippen LogP contribution in [0.4, 0.5) is 0 Å². The van der Waals surface area contributed by atoms with E-state index in [9.17, 15) is 0 Å². The third kappa shape index (κ3) is 4.05. The molecule has 108 valence electrons. The monoisotopic (exact) mass is 265 g/mol. The van der Waals surface area contributed by atoms with Gasteiger partial charge in [-0.25, -0.2) is 4.98 Å². The van der Waals surface area contributed by atoms with E-state index in [4.69, 9.17) is 4.42 Å². The maximum atomic E-state index is 5.59. The lowest BCUT2D eigenvalue weighted by Crippen LogP contribution is -2.35. The van der Waals surface area contributed by atoms with E-state index >= 15 is 0 Å². The number of nitrogens with zero attached hydrogens (tertiary/aromatic N) is 2. The molecule has 1 aromatic rings. The average molecular weight is 265 g/mol. The number of oxazole rings is 1. The van der Waals surface area contributed by atoms with Crippen LogP contribution in [-0.2, 0) is 0 Å². The van der Waals surface area contributed by atoms with Gasteiger partial charge < -0.3 is 14.6 Å². The molecule has 0 amide bonds. The number of aromatic nitrogens is 1. The second-order valence-corrected chi connectivity index (χ2v) is 5.96. The summed E-state index contributed by atoms with van der Waals surface area (Å²) in [5.74, 6) is 1.69. The van der Waals surface area contributed by atoms with Gasteiger partial charge in [0, 0.05) is 12.1 Å². The summed E-state index contributed by atoms with van der Waals surface area (Å²) in [6.45, 7) is 11.1. The molecule has 1 aromatic heterocycles. The minimum atomic E-state index is 0.198. The van der Waals surface area contributed by atoms with E-state index in [1.54, 1.807) is 6.20 Å². The molecule has 1 aliphatic heterocycles. The SMILES string of the molecule is Cc1cnc(C(C)NC2CCCN(C(C)C)CC2)o1. The molecule has 0 spiro atoms. The van der Waals surface area contributed by atoms with Gasteiger partial charge in [-0.15, -0.1) is 0 Å². The Morgan fingerprint density at radius 2 is 2.11 bits per heavy atom. The summed E-state index contributed by atoms with van der Waals surface area (Å²) in [4.78, 5) is 6.88. The van der Waals surface area contributed by atoms with Gasteiger partial charge in [-0.1, -0.05) is 0 Å². The van der Waals surface area contributed by atoms with Crippen LogP contribution in [0.1, 0.15) is 57.7 Å². The number of rotatable bonds is 4. The van der Waals surface area contributed by atoms with Crippen molar-refractivity contribution in [2.45, 2.75) is 65.1 Å². The van der Waals surface area contributed by atoms with Crippen LogP contribution < -0.4 is 5.32 Å². The molecule has 0 aliphatic carbocycles. The number of hydrogen-bond donors (Lipinski definition) is 1. The molecule has 2 heterocycles. The van der Waals surface area contributed by atoms with Crippen LogP contribution >= 0.6 is 0 Å². The van der Waals surface area contributed by atoms with Gasteiger partial charge in [-0.3, -0.25) is 0 Å². The summed E-state index contributed by atoms with van der Waals surface area (Å²) in [7, 11) is 0. The number of nitrogens with one attached hydrogen (secondary N) is 1. The molecule has 0 saturated carbocycles. The Morgan fingerprint density at radius 1 is 1.32 bits per heavy atom. The van der Waals surface area contributed by atoms with Crippen molar-refractivity contribution in [2.75, 3.05) is 13.1 Å². The van der Waals surface area contributed by atoms with E-state index in [1.165, 1.54) is 32.4 Å². The summed E-state index contributed by atoms with van der Waals surface area (Å²) in [5.41, 5.74) is 0. The van der Waals surface area contributed by atoms with Crippen LogP contribution in [0, 0.1) is 6.92 Å². The molecule has 2 atom stereocenters. The lowest BCUT2D eigenvalue weighted by atomic mass is 10.1. The average Bonchev–Trinajstić information content (AvgIpc) is 2.65. The Bertz CT molecular complexity index is 388. The van der Waals surface area contributed by atoms with Gasteiger partial charge in [0.05, 0.1) is 12.2 Å². The van der Waals surface area contributed by atoms with Crippen LogP contribution in [0.3, 0.4) is 0 Å². The van der Waals surface area contributed by atoms with Gasteiger partial charge in [-0.2, -0.15) is 0 Å². The number of likely N-dealkylation sites (tertiary alicyclic amines) is 1. The highest BCUT2D eigenvalue weighted by Gasteiger charge is 2.21. The fraction of sp³-hybridized carbons (Fsp3) is 0.800. The van der Waals surface area contributed by atoms with E-state index in [1.807, 2.05) is 6.92 Å². The molecule has 0 radical (unpaired) electrons. The summed E-state index contributed by atoms with van der Waals surface area (Å²) in [6, 6.07) is 1.43. The minimum absolute atomic E-state index is 0.198. The minimum Gasteiger partial charge on any atom is -0.444 e. The Morgan fingerprint density at radius 3 is 2.74 bits per heavy atom. The quantitative estimate of drug-likeness (QED) is 0.909. The van der Waals surface area contributed by atoms with E-state index < -0.39 is 0 Å². The Labute approximate surface area is 116 Å². The van der Waals surface area contributed by atoms with Crippen molar-refractivity contribution >= 4 is 0 Å². The third-order valence-electron chi connectivity index (χ3n) is 3.99. The second kappa shape index (κ2) is 6.53. The smallest absolute Gasteiger partial charge is 0.211 e. The molecule has 4 heteroatoms. The zero-order valence-electron chi connectivity index (χ0n) is 12.6. The van der Waals surface area contributed by atoms with E-state index in [0.29, 0.717) is 12.1 Å². The van der Waals surface area contributed by atoms with Crippen LogP contribution in [0.2, 0.25) is 0 Å². The molecule has 1 fully saturated rings. The molecule has 2 rings (SSSR count). The Kier molecular flexibility index (Phi) is 4.99. The van der Waals surface area contributed by atoms with Crippen molar-refractivity contribution < 1.29 is 4.42 Å². The van der Waals surface area contributed by atoms with Crippen molar-refractivity contribution in [3.05, 3.63) is 17.8 Å². The van der Waals surface area contributed by atoms with Crippen LogP contribution in [0.25, 0.3) is 0 Å². The zero-order valence-corrected chi connectivity index (χ0v) is 12.6. The highest BCUT2D eigenvalue weighted by atomic mass is 16.4. The highest BCUT2D eigenvalue weighted by molar-refractivity contribution is 4.96. The molecule has 2 unspecified atom stereocenters. The van der Waals surface area contributed by atoms with Crippen molar-refractivity contribution in [3.8, 4) is 0 Å². The summed E-state index contributed by atoms with van der Waals surface area (Å²) < 4.78 is 5.59. The lowest BCUT2D eigenvalue weighted by molar-refractivity contribution is 0.228. The lowest BCUT2D eigenvalue weighted by Gasteiger charge is -2.24. The fourth-order valence-electron chi connectivity index (χ4n) is 2.80. The first-order valence-corrected chi connectivity index (χ1v) is 7.48. The summed E-state index contributed by atoms with van der Waals surface area (Å²) >= 11 is 0. The number of hydrogen-bond acceptors (Lipinski definition) is 4. The molecule has 1 saturated heterocycles. The van der Waals surface area contributed by atoms with E-state index in [0.717, 1.165) is 11.7 Å². The molecule has 19 heavy (non-hydrogen) atoms. The van der Waals surface area contributed by atoms with Crippen molar-refractivity contribution in [1.82, 2.24) is 15.2 Å². The summed E-state index contributed by atoms with van der Waals surface area (Å²) in [5, 5.41) is 3.66. The number of aryl methyl sites for hydroxylation is 1. The van der Waals surface area contributed by atoms with Crippen LogP contribution in [-0.4, -0.2) is 35.1 Å². The maximum Gasteiger partial charge on any atom is 0.211 e. The van der Waals surface area contributed by atoms with E-state index in [2.05, 4.69) is 36.0 Å². The van der Waals surface area contributed by atoms with Gasteiger partial charge in [-0.05, 0) is 60.0 Å². The Hall–Kier alpha value is -0.870. The maximum absolute atomic E-state index is 5.59. The molecular formula is C15H27N3O. The van der Waals surface area contributed by atoms with Gasteiger partial charge in [0.25, 0.3) is 0 Å². The largest absolute Gasteiger partial charge is 0.444 e. The highest BCUT2D eigenvalue weighted by Crippen LogP contribution is 2.18. The molecule has 4 nitrogen and oxygen atoms in total. The van der Waals surface area contributed by atoms with Crippen LogP contribution in [0.5, 0.6) is 0 Å². The van der Waals surface area contributed by atoms with Crippen molar-refractivity contribution in [1.29, 1.82) is 0 Å². The molecule has 0 bridgehead atoms. The van der Waals surface area contributed by atoms with Crippen molar-refractivity contribution in [2.24, 2.45) is 0 Å². The fourth-order valence-corrected chi connectivity index (χ4v) is 2.80. The third-order valence-corrected chi connectivity index (χ3v) is 3.99. The molecular weight excluding hydrogens is 238 g/mol. The molecule has 1 aliphatic rings. The van der Waals surface area contributed by atoms with E-state index in [-0.39, 0.29) is 6.04 Å². The van der Waals surface area contributed by atoms with Crippen LogP contribution in [0.15, 0.2) is 10.6 Å².